The van der Waals surface area contributed by atoms with Gasteiger partial charge >= 0.3 is 0 Å². The molecule has 1 aromatic carbocycles. The number of rotatable bonds is 1. The lowest BCUT2D eigenvalue weighted by Gasteiger charge is -1.95. The van der Waals surface area contributed by atoms with E-state index in [1.807, 2.05) is 18.2 Å². The van der Waals surface area contributed by atoms with Crippen LogP contribution in [0.25, 0.3) is 10.1 Å². The zero-order valence-corrected chi connectivity index (χ0v) is 10.8. The van der Waals surface area contributed by atoms with Gasteiger partial charge < -0.3 is 0 Å². The Morgan fingerprint density at radius 3 is 3.00 bits per heavy atom. The molecule has 2 rings (SSSR count). The Bertz CT molecular complexity index is 527. The Morgan fingerprint density at radius 1 is 1.50 bits per heavy atom. The molecule has 0 saturated heterocycles. The van der Waals surface area contributed by atoms with Gasteiger partial charge in [-0.1, -0.05) is 29.8 Å². The van der Waals surface area contributed by atoms with E-state index in [9.17, 15) is 0 Å². The second-order valence-corrected chi connectivity index (χ2v) is 6.03. The van der Waals surface area contributed by atoms with Crippen LogP contribution in [0.2, 0.25) is 5.02 Å². The fourth-order valence-corrected chi connectivity index (χ4v) is 3.55. The monoisotopic (exact) mass is 333 g/mol. The number of nitriles is 1. The van der Waals surface area contributed by atoms with Gasteiger partial charge in [0.2, 0.25) is 0 Å². The van der Waals surface area contributed by atoms with Gasteiger partial charge in [0.1, 0.15) is 0 Å². The topological polar surface area (TPSA) is 23.8 Å². The fraction of sp³-hybridized carbons (Fsp3) is 0.100. The van der Waals surface area contributed by atoms with Crippen LogP contribution in [-0.4, -0.2) is 0 Å². The van der Waals surface area contributed by atoms with Crippen molar-refractivity contribution >= 4 is 55.6 Å². The predicted octanol–water partition coefficient (Wildman–Crippen LogP) is 4.23. The molecular weight excluding hydrogens is 329 g/mol. The number of hydrogen-bond donors (Lipinski definition) is 0. The predicted molar refractivity (Wildman–Crippen MR) is 68.9 cm³/mol. The first kappa shape index (κ1) is 10.2. The average Bonchev–Trinajstić information content (AvgIpc) is 2.46. The second-order valence-electron chi connectivity index (χ2n) is 2.82. The zero-order valence-electron chi connectivity index (χ0n) is 7.05. The maximum absolute atomic E-state index is 8.68. The van der Waals surface area contributed by atoms with Gasteiger partial charge in [0.15, 0.2) is 0 Å². The first-order chi connectivity index (χ1) is 6.74. The SMILES string of the molecule is N#CCc1cccc2c(Cl)c(I)sc12. The van der Waals surface area contributed by atoms with Crippen molar-refractivity contribution < 1.29 is 0 Å². The average molecular weight is 334 g/mol. The summed E-state index contributed by atoms with van der Waals surface area (Å²) in [6.07, 6.45) is 0.449. The van der Waals surface area contributed by atoms with Crippen LogP contribution >= 0.6 is 45.5 Å². The van der Waals surface area contributed by atoms with Crippen molar-refractivity contribution in [2.75, 3.05) is 0 Å². The number of thiophene rings is 1. The van der Waals surface area contributed by atoms with Gasteiger partial charge in [-0.3, -0.25) is 0 Å². The van der Waals surface area contributed by atoms with Crippen molar-refractivity contribution in [2.24, 2.45) is 0 Å². The van der Waals surface area contributed by atoms with Crippen molar-refractivity contribution in [3.05, 3.63) is 31.7 Å². The van der Waals surface area contributed by atoms with Crippen LogP contribution in [0.5, 0.6) is 0 Å². The first-order valence-electron chi connectivity index (χ1n) is 3.96. The number of fused-ring (bicyclic) bond motifs is 1. The third-order valence-electron chi connectivity index (χ3n) is 1.97. The van der Waals surface area contributed by atoms with Crippen molar-refractivity contribution in [1.82, 2.24) is 0 Å². The summed E-state index contributed by atoms with van der Waals surface area (Å²) in [5.74, 6) is 0. The highest BCUT2D eigenvalue weighted by atomic mass is 127. The van der Waals surface area contributed by atoms with E-state index < -0.39 is 0 Å². The summed E-state index contributed by atoms with van der Waals surface area (Å²) >= 11 is 10.0. The molecular formula is C10H5ClINS. The molecule has 0 unspecified atom stereocenters. The molecule has 0 spiro atoms. The minimum atomic E-state index is 0.449. The molecule has 0 N–H and O–H groups in total. The standard InChI is InChI=1S/C10H5ClINS/c11-8-7-3-1-2-6(4-5-13)9(7)14-10(8)12/h1-3H,4H2. The van der Waals surface area contributed by atoms with E-state index in [2.05, 4.69) is 28.7 Å². The van der Waals surface area contributed by atoms with Gasteiger partial charge in [-0.15, -0.1) is 11.3 Å². The Balaban J connectivity index is 2.76. The zero-order chi connectivity index (χ0) is 10.1. The molecule has 0 fully saturated rings. The number of hydrogen-bond acceptors (Lipinski definition) is 2. The van der Waals surface area contributed by atoms with Crippen LogP contribution in [-0.2, 0) is 6.42 Å². The summed E-state index contributed by atoms with van der Waals surface area (Å²) < 4.78 is 2.23. The molecule has 0 amide bonds. The van der Waals surface area contributed by atoms with E-state index in [-0.39, 0.29) is 0 Å². The van der Waals surface area contributed by atoms with Crippen molar-refractivity contribution in [1.29, 1.82) is 5.26 Å². The number of benzene rings is 1. The highest BCUT2D eigenvalue weighted by molar-refractivity contribution is 14.1. The molecule has 1 heterocycles. The summed E-state index contributed by atoms with van der Waals surface area (Å²) in [5, 5.41) is 10.5. The molecule has 0 aliphatic rings. The van der Waals surface area contributed by atoms with E-state index in [1.165, 1.54) is 0 Å². The van der Waals surface area contributed by atoms with Crippen molar-refractivity contribution in [3.8, 4) is 6.07 Å². The minimum Gasteiger partial charge on any atom is -0.198 e. The number of halogens is 2. The van der Waals surface area contributed by atoms with E-state index in [1.54, 1.807) is 11.3 Å². The van der Waals surface area contributed by atoms with Crippen molar-refractivity contribution in [3.63, 3.8) is 0 Å². The van der Waals surface area contributed by atoms with E-state index in [4.69, 9.17) is 16.9 Å². The normalized spacial score (nSPS) is 10.4. The molecule has 0 saturated carbocycles. The Labute approximate surface area is 104 Å². The summed E-state index contributed by atoms with van der Waals surface area (Å²) in [5.41, 5.74) is 1.07. The Hall–Kier alpha value is -0.310. The van der Waals surface area contributed by atoms with Gasteiger partial charge in [-0.2, -0.15) is 5.26 Å². The molecule has 4 heteroatoms. The summed E-state index contributed by atoms with van der Waals surface area (Å²) in [7, 11) is 0. The molecule has 14 heavy (non-hydrogen) atoms. The Kier molecular flexibility index (Phi) is 2.96. The molecule has 0 aliphatic heterocycles. The molecule has 1 aromatic heterocycles. The van der Waals surface area contributed by atoms with Crippen LogP contribution in [0, 0.1) is 14.2 Å². The lowest BCUT2D eigenvalue weighted by atomic mass is 10.1. The molecule has 0 bridgehead atoms. The summed E-state index contributed by atoms with van der Waals surface area (Å²) in [6, 6.07) is 8.09. The van der Waals surface area contributed by atoms with Crippen molar-refractivity contribution in [2.45, 2.75) is 6.42 Å². The molecule has 0 radical (unpaired) electrons. The lowest BCUT2D eigenvalue weighted by molar-refractivity contribution is 1.29. The van der Waals surface area contributed by atoms with E-state index in [0.29, 0.717) is 6.42 Å². The summed E-state index contributed by atoms with van der Waals surface area (Å²) in [6.45, 7) is 0. The van der Waals surface area contributed by atoms with Gasteiger partial charge in [-0.05, 0) is 28.2 Å². The third-order valence-corrected chi connectivity index (χ3v) is 5.06. The van der Waals surface area contributed by atoms with Gasteiger partial charge in [0.05, 0.1) is 20.4 Å². The van der Waals surface area contributed by atoms with Crippen LogP contribution < -0.4 is 0 Å². The first-order valence-corrected chi connectivity index (χ1v) is 6.23. The smallest absolute Gasteiger partial charge is 0.0852 e. The van der Waals surface area contributed by atoms with Gasteiger partial charge in [0, 0.05) is 10.1 Å². The second kappa shape index (κ2) is 4.05. The highest BCUT2D eigenvalue weighted by Crippen LogP contribution is 2.37. The van der Waals surface area contributed by atoms with E-state index in [0.717, 1.165) is 23.6 Å². The van der Waals surface area contributed by atoms with Crippen LogP contribution in [0.4, 0.5) is 0 Å². The minimum absolute atomic E-state index is 0.449. The van der Waals surface area contributed by atoms with Crippen LogP contribution in [0.1, 0.15) is 5.56 Å². The van der Waals surface area contributed by atoms with Gasteiger partial charge in [0.25, 0.3) is 0 Å². The maximum Gasteiger partial charge on any atom is 0.0852 e. The highest BCUT2D eigenvalue weighted by Gasteiger charge is 2.10. The molecule has 2 aromatic rings. The third kappa shape index (κ3) is 1.62. The lowest BCUT2D eigenvalue weighted by Crippen LogP contribution is -1.79. The molecule has 0 aliphatic carbocycles. The largest absolute Gasteiger partial charge is 0.198 e. The Morgan fingerprint density at radius 2 is 2.29 bits per heavy atom. The van der Waals surface area contributed by atoms with E-state index >= 15 is 0 Å². The maximum atomic E-state index is 8.68. The summed E-state index contributed by atoms with van der Waals surface area (Å²) in [4.78, 5) is 0. The fourth-order valence-electron chi connectivity index (χ4n) is 1.34. The van der Waals surface area contributed by atoms with Crippen LogP contribution in [0.3, 0.4) is 0 Å². The number of nitrogens with zero attached hydrogens (tertiary/aromatic N) is 1. The molecule has 0 atom stereocenters. The molecule has 1 nitrogen and oxygen atoms in total. The molecule has 70 valence electrons. The van der Waals surface area contributed by atoms with Gasteiger partial charge in [-0.25, -0.2) is 0 Å². The van der Waals surface area contributed by atoms with Crippen LogP contribution in [0.15, 0.2) is 18.2 Å². The quantitative estimate of drug-likeness (QED) is 0.717.